The number of hydrogen-bond donors (Lipinski definition) is 1. The Morgan fingerprint density at radius 3 is 2.33 bits per heavy atom. The number of aryl methyl sites for hydroxylation is 1. The van der Waals surface area contributed by atoms with E-state index in [0.717, 1.165) is 17.5 Å². The lowest BCUT2D eigenvalue weighted by Crippen LogP contribution is -2.50. The fourth-order valence-corrected chi connectivity index (χ4v) is 4.17. The molecule has 0 heterocycles. The van der Waals surface area contributed by atoms with Crippen LogP contribution in [0.5, 0.6) is 0 Å². The molecule has 2 atom stereocenters. The van der Waals surface area contributed by atoms with Crippen LogP contribution in [0.4, 0.5) is 0 Å². The Kier molecular flexibility index (Phi) is 8.90. The summed E-state index contributed by atoms with van der Waals surface area (Å²) < 4.78 is 0. The number of nitrogens with zero attached hydrogens (tertiary/aromatic N) is 1. The van der Waals surface area contributed by atoms with Crippen molar-refractivity contribution < 1.29 is 9.59 Å². The van der Waals surface area contributed by atoms with E-state index in [9.17, 15) is 9.59 Å². The summed E-state index contributed by atoms with van der Waals surface area (Å²) >= 11 is 6.04. The quantitative estimate of drug-likeness (QED) is 0.391. The van der Waals surface area contributed by atoms with Crippen molar-refractivity contribution in [3.05, 3.63) is 82.9 Å². The second kappa shape index (κ2) is 11.9. The zero-order chi connectivity index (χ0) is 23.8. The van der Waals surface area contributed by atoms with Crippen molar-refractivity contribution in [1.82, 2.24) is 10.2 Å². The number of halogens is 1. The lowest BCUT2D eigenvalue weighted by Gasteiger charge is -2.31. The minimum absolute atomic E-state index is 0.0240. The summed E-state index contributed by atoms with van der Waals surface area (Å²) in [6, 6.07) is 21.4. The van der Waals surface area contributed by atoms with Gasteiger partial charge in [-0.2, -0.15) is 0 Å². The van der Waals surface area contributed by atoms with Crippen LogP contribution in [0.25, 0.3) is 10.8 Å². The zero-order valence-electron chi connectivity index (χ0n) is 19.7. The summed E-state index contributed by atoms with van der Waals surface area (Å²) in [6.45, 7) is 6.34. The third-order valence-electron chi connectivity index (χ3n) is 6.14. The van der Waals surface area contributed by atoms with Gasteiger partial charge in [0.05, 0.1) is 0 Å². The first kappa shape index (κ1) is 24.8. The molecule has 0 fully saturated rings. The second-order valence-electron chi connectivity index (χ2n) is 8.53. The lowest BCUT2D eigenvalue weighted by atomic mass is 10.00. The molecule has 0 saturated heterocycles. The Labute approximate surface area is 201 Å². The maximum absolute atomic E-state index is 13.5. The molecule has 0 saturated carbocycles. The second-order valence-corrected chi connectivity index (χ2v) is 8.96. The number of nitrogens with one attached hydrogen (secondary N) is 1. The molecule has 0 bridgehead atoms. The molecule has 1 N–H and O–H groups in total. The minimum atomic E-state index is -0.519. The van der Waals surface area contributed by atoms with E-state index in [-0.39, 0.29) is 17.9 Å². The molecule has 0 spiro atoms. The van der Waals surface area contributed by atoms with E-state index in [1.165, 1.54) is 10.8 Å². The van der Waals surface area contributed by atoms with Crippen LogP contribution < -0.4 is 5.32 Å². The van der Waals surface area contributed by atoms with Crippen molar-refractivity contribution in [2.75, 3.05) is 0 Å². The monoisotopic (exact) mass is 464 g/mol. The van der Waals surface area contributed by atoms with E-state index in [1.807, 2.05) is 63.2 Å². The molecule has 2 amide bonds. The van der Waals surface area contributed by atoms with Crippen molar-refractivity contribution in [3.8, 4) is 0 Å². The highest BCUT2D eigenvalue weighted by Gasteiger charge is 2.29. The number of carbonyl (C=O) groups excluding carboxylic acids is 2. The van der Waals surface area contributed by atoms with E-state index in [4.69, 9.17) is 11.6 Å². The number of carbonyl (C=O) groups is 2. The molecule has 0 aliphatic carbocycles. The third-order valence-corrected chi connectivity index (χ3v) is 6.39. The maximum atomic E-state index is 13.5. The third kappa shape index (κ3) is 6.58. The molecule has 3 aromatic rings. The molecular formula is C28H33ClN2O2. The first-order chi connectivity index (χ1) is 15.9. The number of amides is 2. The summed E-state index contributed by atoms with van der Waals surface area (Å²) in [5.74, 6) is -0.122. The topological polar surface area (TPSA) is 49.4 Å². The van der Waals surface area contributed by atoms with Gasteiger partial charge in [-0.3, -0.25) is 9.59 Å². The predicted octanol–water partition coefficient (Wildman–Crippen LogP) is 6.15. The first-order valence-electron chi connectivity index (χ1n) is 11.7. The Hall–Kier alpha value is -2.85. The average molecular weight is 465 g/mol. The van der Waals surface area contributed by atoms with Crippen molar-refractivity contribution >= 4 is 34.2 Å². The molecule has 0 aromatic heterocycles. The van der Waals surface area contributed by atoms with Crippen LogP contribution in [0.2, 0.25) is 5.02 Å². The van der Waals surface area contributed by atoms with Gasteiger partial charge in [-0.05, 0) is 60.2 Å². The molecule has 174 valence electrons. The van der Waals surface area contributed by atoms with Crippen LogP contribution in [-0.4, -0.2) is 28.8 Å². The molecule has 0 unspecified atom stereocenters. The van der Waals surface area contributed by atoms with E-state index >= 15 is 0 Å². The summed E-state index contributed by atoms with van der Waals surface area (Å²) in [6.07, 6.45) is 2.36. The van der Waals surface area contributed by atoms with Gasteiger partial charge < -0.3 is 10.2 Å². The van der Waals surface area contributed by atoms with Crippen LogP contribution in [0.3, 0.4) is 0 Å². The number of hydrogen-bond acceptors (Lipinski definition) is 2. The van der Waals surface area contributed by atoms with Gasteiger partial charge in [-0.15, -0.1) is 0 Å². The van der Waals surface area contributed by atoms with Crippen LogP contribution in [-0.2, 0) is 22.6 Å². The summed E-state index contributed by atoms with van der Waals surface area (Å²) in [5, 5.41) is 6.03. The van der Waals surface area contributed by atoms with Gasteiger partial charge in [-0.25, -0.2) is 0 Å². The molecule has 3 rings (SSSR count). The van der Waals surface area contributed by atoms with Crippen molar-refractivity contribution in [2.24, 2.45) is 0 Å². The molecule has 5 heteroatoms. The number of benzene rings is 3. The minimum Gasteiger partial charge on any atom is -0.352 e. The number of fused-ring (bicyclic) bond motifs is 1. The Balaban J connectivity index is 1.82. The number of rotatable bonds is 10. The van der Waals surface area contributed by atoms with Crippen molar-refractivity contribution in [1.29, 1.82) is 0 Å². The largest absolute Gasteiger partial charge is 0.352 e. The molecule has 0 radical (unpaired) electrons. The summed E-state index contributed by atoms with van der Waals surface area (Å²) in [5.41, 5.74) is 2.10. The molecule has 0 aliphatic heterocycles. The highest BCUT2D eigenvalue weighted by molar-refractivity contribution is 6.30. The zero-order valence-corrected chi connectivity index (χ0v) is 20.4. The van der Waals surface area contributed by atoms with Crippen LogP contribution in [0.1, 0.15) is 51.2 Å². The molecule has 4 nitrogen and oxygen atoms in total. The molecular weight excluding hydrogens is 432 g/mol. The molecule has 33 heavy (non-hydrogen) atoms. The summed E-state index contributed by atoms with van der Waals surface area (Å²) in [7, 11) is 0. The fourth-order valence-electron chi connectivity index (χ4n) is 4.04. The summed E-state index contributed by atoms with van der Waals surface area (Å²) in [4.78, 5) is 28.3. The smallest absolute Gasteiger partial charge is 0.243 e. The van der Waals surface area contributed by atoms with E-state index in [0.29, 0.717) is 30.8 Å². The Morgan fingerprint density at radius 1 is 0.939 bits per heavy atom. The first-order valence-corrected chi connectivity index (χ1v) is 12.1. The van der Waals surface area contributed by atoms with Gasteiger partial charge in [0.25, 0.3) is 0 Å². The standard InChI is InChI=1S/C28H33ClN2O2/c1-4-20(3)30-28(33)26(5-2)31(19-21-13-16-24(29)17-14-21)27(32)18-15-23-11-8-10-22-9-6-7-12-25(22)23/h6-14,16-17,20,26H,4-5,15,18-19H2,1-3H3,(H,30,33)/t20-,26+/m1/s1. The maximum Gasteiger partial charge on any atom is 0.243 e. The lowest BCUT2D eigenvalue weighted by molar-refractivity contribution is -0.141. The Morgan fingerprint density at radius 2 is 1.64 bits per heavy atom. The Bertz CT molecular complexity index is 1080. The van der Waals surface area contributed by atoms with E-state index in [2.05, 4.69) is 29.6 Å². The predicted molar refractivity (Wildman–Crippen MR) is 136 cm³/mol. The van der Waals surface area contributed by atoms with E-state index < -0.39 is 6.04 Å². The van der Waals surface area contributed by atoms with Gasteiger partial charge in [0.1, 0.15) is 6.04 Å². The molecule has 0 aliphatic rings. The average Bonchev–Trinajstić information content (AvgIpc) is 2.83. The highest BCUT2D eigenvalue weighted by Crippen LogP contribution is 2.21. The SMILES string of the molecule is CC[C@@H](C)NC(=O)[C@H](CC)N(Cc1ccc(Cl)cc1)C(=O)CCc1cccc2ccccc12. The van der Waals surface area contributed by atoms with Crippen LogP contribution in [0, 0.1) is 0 Å². The van der Waals surface area contributed by atoms with E-state index in [1.54, 1.807) is 4.90 Å². The van der Waals surface area contributed by atoms with Gasteiger partial charge >= 0.3 is 0 Å². The highest BCUT2D eigenvalue weighted by atomic mass is 35.5. The van der Waals surface area contributed by atoms with Gasteiger partial charge in [0, 0.05) is 24.0 Å². The van der Waals surface area contributed by atoms with Gasteiger partial charge in [0.2, 0.25) is 11.8 Å². The normalized spacial score (nSPS) is 12.8. The van der Waals surface area contributed by atoms with Crippen molar-refractivity contribution in [3.63, 3.8) is 0 Å². The van der Waals surface area contributed by atoms with Crippen LogP contribution >= 0.6 is 11.6 Å². The van der Waals surface area contributed by atoms with Crippen molar-refractivity contribution in [2.45, 2.75) is 65.1 Å². The van der Waals surface area contributed by atoms with Gasteiger partial charge in [-0.1, -0.05) is 80.0 Å². The van der Waals surface area contributed by atoms with Crippen LogP contribution in [0.15, 0.2) is 66.7 Å². The fraction of sp³-hybridized carbons (Fsp3) is 0.357. The molecule has 3 aromatic carbocycles. The van der Waals surface area contributed by atoms with Gasteiger partial charge in [0.15, 0.2) is 0 Å².